The first-order chi connectivity index (χ1) is 10.3. The number of aromatic nitrogens is 1. The van der Waals surface area contributed by atoms with Crippen molar-refractivity contribution in [3.8, 4) is 5.69 Å². The molecule has 0 saturated carbocycles. The van der Waals surface area contributed by atoms with E-state index in [9.17, 15) is 0 Å². The first-order valence-corrected chi connectivity index (χ1v) is 7.55. The van der Waals surface area contributed by atoms with Crippen LogP contribution in [0.5, 0.6) is 0 Å². The Bertz CT molecular complexity index is 791. The Morgan fingerprint density at radius 1 is 0.952 bits per heavy atom. The molecule has 0 bridgehead atoms. The summed E-state index contributed by atoms with van der Waals surface area (Å²) in [7, 11) is 0. The van der Waals surface area contributed by atoms with Gasteiger partial charge in [0.15, 0.2) is 6.04 Å². The highest BCUT2D eigenvalue weighted by Gasteiger charge is 2.27. The Kier molecular flexibility index (Phi) is 3.06. The van der Waals surface area contributed by atoms with E-state index in [1.807, 2.05) is 12.1 Å². The molecule has 0 unspecified atom stereocenters. The van der Waals surface area contributed by atoms with Gasteiger partial charge in [0.25, 0.3) is 0 Å². The Balaban J connectivity index is 1.90. The van der Waals surface area contributed by atoms with E-state index in [0.29, 0.717) is 0 Å². The van der Waals surface area contributed by atoms with E-state index in [1.165, 1.54) is 22.5 Å². The van der Waals surface area contributed by atoms with Crippen LogP contribution in [0.3, 0.4) is 0 Å². The topological polar surface area (TPSA) is 21.5 Å². The van der Waals surface area contributed by atoms with Crippen molar-refractivity contribution in [2.24, 2.45) is 0 Å². The van der Waals surface area contributed by atoms with Gasteiger partial charge >= 0.3 is 0 Å². The van der Waals surface area contributed by atoms with Crippen LogP contribution in [0.15, 0.2) is 66.9 Å². The van der Waals surface area contributed by atoms with Crippen LogP contribution in [-0.4, -0.2) is 4.57 Å². The zero-order valence-electron chi connectivity index (χ0n) is 11.5. The van der Waals surface area contributed by atoms with Gasteiger partial charge in [-0.05, 0) is 24.3 Å². The second kappa shape index (κ2) is 5.06. The van der Waals surface area contributed by atoms with Gasteiger partial charge < -0.3 is 9.88 Å². The van der Waals surface area contributed by atoms with Gasteiger partial charge in [0.1, 0.15) is 6.54 Å². The molecule has 1 atom stereocenters. The molecule has 0 amide bonds. The summed E-state index contributed by atoms with van der Waals surface area (Å²) in [6, 6.07) is 21.2. The fourth-order valence-electron chi connectivity index (χ4n) is 3.16. The fraction of sp³-hybridized carbons (Fsp3) is 0.111. The summed E-state index contributed by atoms with van der Waals surface area (Å²) in [6.45, 7) is 0.952. The van der Waals surface area contributed by atoms with Crippen molar-refractivity contribution in [2.45, 2.75) is 12.6 Å². The van der Waals surface area contributed by atoms with Crippen LogP contribution in [0.4, 0.5) is 0 Å². The highest BCUT2D eigenvalue weighted by Crippen LogP contribution is 2.30. The van der Waals surface area contributed by atoms with E-state index in [2.05, 4.69) is 64.6 Å². The molecular weight excluding hydrogens is 280 g/mol. The van der Waals surface area contributed by atoms with Crippen molar-refractivity contribution in [1.29, 1.82) is 0 Å². The number of hydrogen-bond donors (Lipinski definition) is 1. The van der Waals surface area contributed by atoms with E-state index in [-0.39, 0.29) is 6.04 Å². The van der Waals surface area contributed by atoms with Crippen LogP contribution in [0.1, 0.15) is 22.9 Å². The lowest BCUT2D eigenvalue weighted by Crippen LogP contribution is -2.83. The molecule has 2 nitrogen and oxygen atoms in total. The molecule has 0 aliphatic carbocycles. The molecule has 0 saturated heterocycles. The largest absolute Gasteiger partial charge is 0.331 e. The second-order valence-electron chi connectivity index (χ2n) is 5.37. The smallest absolute Gasteiger partial charge is 0.154 e. The molecule has 3 heteroatoms. The van der Waals surface area contributed by atoms with Gasteiger partial charge in [0, 0.05) is 17.3 Å². The number of nitrogens with zero attached hydrogens (tertiary/aromatic N) is 1. The van der Waals surface area contributed by atoms with Crippen LogP contribution >= 0.6 is 11.6 Å². The number of nitrogens with two attached hydrogens (primary N) is 1. The average Bonchev–Trinajstić information content (AvgIpc) is 2.93. The van der Waals surface area contributed by atoms with E-state index in [1.54, 1.807) is 0 Å². The third-order valence-corrected chi connectivity index (χ3v) is 4.51. The Morgan fingerprint density at radius 3 is 2.67 bits per heavy atom. The Hall–Kier alpha value is -2.03. The van der Waals surface area contributed by atoms with Crippen LogP contribution in [0.25, 0.3) is 5.69 Å². The number of halogens is 1. The van der Waals surface area contributed by atoms with Crippen molar-refractivity contribution in [1.82, 2.24) is 4.57 Å². The highest BCUT2D eigenvalue weighted by molar-refractivity contribution is 6.31. The summed E-state index contributed by atoms with van der Waals surface area (Å²) in [5.74, 6) is 0. The molecule has 2 aromatic carbocycles. The summed E-state index contributed by atoms with van der Waals surface area (Å²) in [5.41, 5.74) is 5.06. The van der Waals surface area contributed by atoms with Crippen molar-refractivity contribution < 1.29 is 5.32 Å². The Labute approximate surface area is 129 Å². The summed E-state index contributed by atoms with van der Waals surface area (Å²) < 4.78 is 2.28. The normalized spacial score (nSPS) is 16.9. The summed E-state index contributed by atoms with van der Waals surface area (Å²) >= 11 is 6.43. The van der Waals surface area contributed by atoms with Gasteiger partial charge in [-0.15, -0.1) is 0 Å². The quantitative estimate of drug-likeness (QED) is 0.711. The van der Waals surface area contributed by atoms with Gasteiger partial charge in [-0.3, -0.25) is 0 Å². The van der Waals surface area contributed by atoms with Crippen molar-refractivity contribution in [2.75, 3.05) is 0 Å². The lowest BCUT2D eigenvalue weighted by Gasteiger charge is -2.16. The number of para-hydroxylation sites is 1. The summed E-state index contributed by atoms with van der Waals surface area (Å²) in [6.07, 6.45) is 2.14. The Morgan fingerprint density at radius 2 is 1.76 bits per heavy atom. The van der Waals surface area contributed by atoms with E-state index < -0.39 is 0 Å². The lowest BCUT2D eigenvalue weighted by atomic mass is 10.0. The number of hydrogen-bond acceptors (Lipinski definition) is 0. The molecule has 1 aromatic heterocycles. The number of fused-ring (bicyclic) bond motifs is 3. The second-order valence-corrected chi connectivity index (χ2v) is 5.78. The van der Waals surface area contributed by atoms with Gasteiger partial charge in [0.2, 0.25) is 0 Å². The van der Waals surface area contributed by atoms with Gasteiger partial charge in [-0.25, -0.2) is 0 Å². The van der Waals surface area contributed by atoms with Crippen molar-refractivity contribution >= 4 is 11.6 Å². The molecule has 2 N–H and O–H groups in total. The van der Waals surface area contributed by atoms with Gasteiger partial charge in [-0.1, -0.05) is 48.0 Å². The van der Waals surface area contributed by atoms with Crippen LogP contribution in [0.2, 0.25) is 5.02 Å². The minimum Gasteiger partial charge on any atom is -0.331 e. The predicted octanol–water partition coefficient (Wildman–Crippen LogP) is 3.30. The van der Waals surface area contributed by atoms with Crippen LogP contribution in [0, 0.1) is 0 Å². The van der Waals surface area contributed by atoms with E-state index in [4.69, 9.17) is 11.6 Å². The minimum atomic E-state index is 0.223. The SMILES string of the molecule is Clc1ccccc1[C@@H]1[NH2+]Cc2ccccc2-n2cccc21. The molecule has 3 aromatic rings. The van der Waals surface area contributed by atoms with E-state index >= 15 is 0 Å². The maximum Gasteiger partial charge on any atom is 0.154 e. The first-order valence-electron chi connectivity index (χ1n) is 7.18. The van der Waals surface area contributed by atoms with Crippen molar-refractivity contribution in [3.63, 3.8) is 0 Å². The number of benzene rings is 2. The summed E-state index contributed by atoms with van der Waals surface area (Å²) in [4.78, 5) is 0. The molecule has 1 aliphatic heterocycles. The average molecular weight is 296 g/mol. The number of quaternary nitrogens is 1. The zero-order chi connectivity index (χ0) is 14.2. The van der Waals surface area contributed by atoms with Crippen molar-refractivity contribution in [3.05, 3.63) is 88.7 Å². The third kappa shape index (κ3) is 2.08. The maximum absolute atomic E-state index is 6.43. The fourth-order valence-corrected chi connectivity index (χ4v) is 3.42. The van der Waals surface area contributed by atoms with Crippen LogP contribution < -0.4 is 5.32 Å². The molecule has 2 heterocycles. The van der Waals surface area contributed by atoms with Gasteiger partial charge in [0.05, 0.1) is 16.4 Å². The monoisotopic (exact) mass is 295 g/mol. The summed E-state index contributed by atoms with van der Waals surface area (Å²) in [5, 5.41) is 3.19. The molecule has 21 heavy (non-hydrogen) atoms. The third-order valence-electron chi connectivity index (χ3n) is 4.16. The number of rotatable bonds is 1. The maximum atomic E-state index is 6.43. The molecule has 1 aliphatic rings. The highest BCUT2D eigenvalue weighted by atomic mass is 35.5. The zero-order valence-corrected chi connectivity index (χ0v) is 12.3. The van der Waals surface area contributed by atoms with E-state index in [0.717, 1.165) is 11.6 Å². The molecule has 4 rings (SSSR count). The molecular formula is C18H16ClN2+. The van der Waals surface area contributed by atoms with Gasteiger partial charge in [-0.2, -0.15) is 0 Å². The molecule has 104 valence electrons. The first kappa shape index (κ1) is 12.7. The lowest BCUT2D eigenvalue weighted by molar-refractivity contribution is -0.702. The molecule has 0 radical (unpaired) electrons. The van der Waals surface area contributed by atoms with Crippen LogP contribution in [-0.2, 0) is 6.54 Å². The standard InChI is InChI=1S/C18H15ClN2/c19-15-8-3-2-7-14(15)18-17-10-5-11-21(17)16-9-4-1-6-13(16)12-20-18/h1-11,18,20H,12H2/p+1/t18-/m0/s1. The molecule has 0 spiro atoms. The molecule has 0 fully saturated rings. The predicted molar refractivity (Wildman–Crippen MR) is 84.7 cm³/mol. The minimum absolute atomic E-state index is 0.223.